The van der Waals surface area contributed by atoms with Crippen molar-refractivity contribution in [1.29, 1.82) is 0 Å². The molecule has 4 atom stereocenters. The molecule has 0 saturated heterocycles. The Balaban J connectivity index is 1.93. The van der Waals surface area contributed by atoms with Gasteiger partial charge in [-0.15, -0.1) is 0 Å². The number of aliphatic hydroxyl groups excluding tert-OH is 1. The van der Waals surface area contributed by atoms with Gasteiger partial charge in [-0.3, -0.25) is 14.3 Å². The smallest absolute Gasteiger partial charge is 0.271 e. The van der Waals surface area contributed by atoms with Crippen molar-refractivity contribution in [3.8, 4) is 0 Å². The highest BCUT2D eigenvalue weighted by Crippen LogP contribution is 2.27. The normalized spacial score (nSPS) is 22.7. The Morgan fingerprint density at radius 2 is 2.04 bits per heavy atom. The van der Waals surface area contributed by atoms with Gasteiger partial charge in [-0.2, -0.15) is 5.10 Å². The number of nitrogens with one attached hydrogen (secondary N) is 2. The molecule has 1 aliphatic carbocycles. The first-order valence-corrected chi connectivity index (χ1v) is 9.74. The van der Waals surface area contributed by atoms with E-state index in [2.05, 4.69) is 15.7 Å². The Labute approximate surface area is 169 Å². The van der Waals surface area contributed by atoms with Crippen molar-refractivity contribution in [2.24, 2.45) is 5.92 Å². The molecule has 1 fully saturated rings. The van der Waals surface area contributed by atoms with Crippen LogP contribution in [0.5, 0.6) is 0 Å². The predicted molar refractivity (Wildman–Crippen MR) is 107 cm³/mol. The lowest BCUT2D eigenvalue weighted by atomic mass is 10.1. The molecule has 150 valence electrons. The van der Waals surface area contributed by atoms with Crippen molar-refractivity contribution >= 4 is 23.4 Å². The van der Waals surface area contributed by atoms with E-state index < -0.39 is 6.10 Å². The molecule has 1 aromatic heterocycles. The highest BCUT2D eigenvalue weighted by Gasteiger charge is 2.32. The average Bonchev–Trinajstić information content (AvgIpc) is 3.24. The largest absolute Gasteiger partial charge is 0.393 e. The Morgan fingerprint density at radius 1 is 1.29 bits per heavy atom. The van der Waals surface area contributed by atoms with E-state index in [1.54, 1.807) is 10.7 Å². The minimum absolute atomic E-state index is 0.115. The van der Waals surface area contributed by atoms with Crippen molar-refractivity contribution in [2.45, 2.75) is 44.9 Å². The monoisotopic (exact) mass is 404 g/mol. The van der Waals surface area contributed by atoms with Gasteiger partial charge in [0.15, 0.2) is 5.69 Å². The molecule has 7 nitrogen and oxygen atoms in total. The summed E-state index contributed by atoms with van der Waals surface area (Å²) < 4.78 is 1.54. The van der Waals surface area contributed by atoms with Gasteiger partial charge in [0, 0.05) is 24.2 Å². The van der Waals surface area contributed by atoms with Crippen LogP contribution < -0.4 is 10.6 Å². The summed E-state index contributed by atoms with van der Waals surface area (Å²) >= 11 is 6.10. The van der Waals surface area contributed by atoms with Crippen LogP contribution in [-0.4, -0.2) is 45.9 Å². The van der Waals surface area contributed by atoms with E-state index in [1.165, 1.54) is 13.1 Å². The van der Waals surface area contributed by atoms with Crippen molar-refractivity contribution in [3.05, 3.63) is 52.3 Å². The molecule has 3 rings (SSSR count). The molecule has 0 spiro atoms. The van der Waals surface area contributed by atoms with Crippen molar-refractivity contribution in [3.63, 3.8) is 0 Å². The minimum Gasteiger partial charge on any atom is -0.393 e. The summed E-state index contributed by atoms with van der Waals surface area (Å²) in [4.78, 5) is 25.1. The minimum atomic E-state index is -0.406. The molecule has 3 N–H and O–H groups in total. The number of rotatable bonds is 5. The van der Waals surface area contributed by atoms with Crippen LogP contribution in [0.25, 0.3) is 0 Å². The lowest BCUT2D eigenvalue weighted by molar-refractivity contribution is 0.0913. The molecule has 8 heteroatoms. The molecule has 1 heterocycles. The van der Waals surface area contributed by atoms with Crippen LogP contribution in [0, 0.1) is 5.92 Å². The molecule has 1 aromatic carbocycles. The van der Waals surface area contributed by atoms with Gasteiger partial charge < -0.3 is 15.7 Å². The van der Waals surface area contributed by atoms with Crippen LogP contribution in [0.3, 0.4) is 0 Å². The van der Waals surface area contributed by atoms with Gasteiger partial charge >= 0.3 is 0 Å². The van der Waals surface area contributed by atoms with E-state index >= 15 is 0 Å². The molecule has 0 radical (unpaired) electrons. The van der Waals surface area contributed by atoms with E-state index in [-0.39, 0.29) is 35.5 Å². The van der Waals surface area contributed by atoms with Gasteiger partial charge in [0.1, 0.15) is 5.69 Å². The number of carbonyl (C=O) groups excluding carboxylic acids is 2. The number of benzene rings is 1. The number of hydrogen-bond acceptors (Lipinski definition) is 4. The summed E-state index contributed by atoms with van der Waals surface area (Å²) in [5.41, 5.74) is 1.33. The number of aliphatic hydroxyl groups is 1. The van der Waals surface area contributed by atoms with Crippen LogP contribution in [0.15, 0.2) is 30.3 Å². The van der Waals surface area contributed by atoms with Crippen LogP contribution in [0.1, 0.15) is 59.3 Å². The Kier molecular flexibility index (Phi) is 6.05. The summed E-state index contributed by atoms with van der Waals surface area (Å²) in [7, 11) is 1.52. The van der Waals surface area contributed by atoms with Crippen LogP contribution in [0.2, 0.25) is 5.02 Å². The second kappa shape index (κ2) is 8.32. The van der Waals surface area contributed by atoms with Gasteiger partial charge in [-0.1, -0.05) is 30.7 Å². The zero-order valence-corrected chi connectivity index (χ0v) is 16.9. The molecule has 0 aliphatic heterocycles. The van der Waals surface area contributed by atoms with Crippen molar-refractivity contribution in [1.82, 2.24) is 20.4 Å². The van der Waals surface area contributed by atoms with E-state index in [1.807, 2.05) is 32.0 Å². The third kappa shape index (κ3) is 4.20. The third-order valence-electron chi connectivity index (χ3n) is 5.30. The number of aromatic nitrogens is 2. The SMILES string of the molecule is CNC(=O)c1cc(C(=O)NC2C[C@@H](O)CC2C)n(C(C)c2cccc(Cl)c2)n1. The quantitative estimate of drug-likeness (QED) is 0.712. The van der Waals surface area contributed by atoms with Crippen LogP contribution >= 0.6 is 11.6 Å². The Bertz CT molecular complexity index is 882. The number of carbonyl (C=O) groups is 2. The standard InChI is InChI=1S/C20H25ClN4O3/c1-11-7-15(26)9-16(11)23-20(28)18-10-17(19(27)22-3)24-25(18)12(2)13-5-4-6-14(21)8-13/h4-6,8,10-12,15-16,26H,7,9H2,1-3H3,(H,22,27)(H,23,28)/t11?,12?,15-,16?/m0/s1. The first kappa shape index (κ1) is 20.4. The number of halogens is 1. The highest BCUT2D eigenvalue weighted by molar-refractivity contribution is 6.30. The fourth-order valence-electron chi connectivity index (χ4n) is 3.66. The van der Waals surface area contributed by atoms with Crippen molar-refractivity contribution in [2.75, 3.05) is 7.05 Å². The molecule has 0 bridgehead atoms. The molecule has 1 aliphatic rings. The predicted octanol–water partition coefficient (Wildman–Crippen LogP) is 2.39. The molecule has 28 heavy (non-hydrogen) atoms. The van der Waals surface area contributed by atoms with Gasteiger partial charge in [-0.25, -0.2) is 0 Å². The topological polar surface area (TPSA) is 96.3 Å². The summed E-state index contributed by atoms with van der Waals surface area (Å²) in [6.45, 7) is 3.90. The maximum Gasteiger partial charge on any atom is 0.271 e. The summed E-state index contributed by atoms with van der Waals surface area (Å²) in [6, 6.07) is 8.39. The van der Waals surface area contributed by atoms with E-state index in [0.29, 0.717) is 23.6 Å². The molecule has 3 unspecified atom stereocenters. The van der Waals surface area contributed by atoms with E-state index in [9.17, 15) is 14.7 Å². The maximum atomic E-state index is 13.0. The Hall–Kier alpha value is -2.38. The number of nitrogens with zero attached hydrogens (tertiary/aromatic N) is 2. The Morgan fingerprint density at radius 3 is 2.64 bits per heavy atom. The highest BCUT2D eigenvalue weighted by atomic mass is 35.5. The first-order chi connectivity index (χ1) is 13.3. The zero-order chi connectivity index (χ0) is 20.4. The average molecular weight is 405 g/mol. The van der Waals surface area contributed by atoms with Gasteiger partial charge in [0.2, 0.25) is 0 Å². The van der Waals surface area contributed by atoms with Gasteiger partial charge in [0.25, 0.3) is 11.8 Å². The van der Waals surface area contributed by atoms with Crippen LogP contribution in [0.4, 0.5) is 0 Å². The summed E-state index contributed by atoms with van der Waals surface area (Å²) in [6.07, 6.45) is 0.775. The second-order valence-corrected chi connectivity index (χ2v) is 7.79. The fourth-order valence-corrected chi connectivity index (χ4v) is 3.86. The van der Waals surface area contributed by atoms with Crippen molar-refractivity contribution < 1.29 is 14.7 Å². The van der Waals surface area contributed by atoms with E-state index in [4.69, 9.17) is 11.6 Å². The second-order valence-electron chi connectivity index (χ2n) is 7.35. The molecular formula is C20H25ClN4O3. The number of hydrogen-bond donors (Lipinski definition) is 3. The lowest BCUT2D eigenvalue weighted by Crippen LogP contribution is -2.38. The maximum absolute atomic E-state index is 13.0. The molecule has 2 amide bonds. The zero-order valence-electron chi connectivity index (χ0n) is 16.1. The van der Waals surface area contributed by atoms with Gasteiger partial charge in [-0.05, 0) is 43.4 Å². The van der Waals surface area contributed by atoms with E-state index in [0.717, 1.165) is 5.56 Å². The fraction of sp³-hybridized carbons (Fsp3) is 0.450. The van der Waals surface area contributed by atoms with Crippen LogP contribution in [-0.2, 0) is 0 Å². The summed E-state index contributed by atoms with van der Waals surface area (Å²) in [5, 5.41) is 20.3. The first-order valence-electron chi connectivity index (χ1n) is 9.36. The molecule has 1 saturated carbocycles. The lowest BCUT2D eigenvalue weighted by Gasteiger charge is -2.19. The summed E-state index contributed by atoms with van der Waals surface area (Å²) in [5.74, 6) is -0.502. The molecule has 2 aromatic rings. The molecular weight excluding hydrogens is 380 g/mol. The third-order valence-corrected chi connectivity index (χ3v) is 5.53. The number of amides is 2. The van der Waals surface area contributed by atoms with Gasteiger partial charge in [0.05, 0.1) is 12.1 Å².